The summed E-state index contributed by atoms with van der Waals surface area (Å²) in [5, 5.41) is 22.4. The Bertz CT molecular complexity index is 760. The Morgan fingerprint density at radius 2 is 1.93 bits per heavy atom. The molecule has 1 amide bonds. The van der Waals surface area contributed by atoms with Gasteiger partial charge in [-0.2, -0.15) is 0 Å². The Balaban J connectivity index is 2.30. The van der Waals surface area contributed by atoms with Crippen LogP contribution in [0.15, 0.2) is 18.2 Å². The van der Waals surface area contributed by atoms with Gasteiger partial charge in [0.25, 0.3) is 0 Å². The van der Waals surface area contributed by atoms with Gasteiger partial charge in [0, 0.05) is 17.4 Å². The fourth-order valence-electron chi connectivity index (χ4n) is 3.30. The number of aliphatic hydroxyl groups excluding tert-OH is 1. The fraction of sp³-hybridized carbons (Fsp3) is 0.632. The van der Waals surface area contributed by atoms with E-state index >= 15 is 0 Å². The standard InChI is InChI=1S/C19H26F2N2O6/c1-18(2,3)29-17(25)22-15(10-28-19(22,4)5)16(24)14(23(26)27)8-11-6-12(20)9-13(21)7-11/h6-7,9,14-16,24H,8,10H2,1-5H3/t14-,15+,16-/m0/s1. The van der Waals surface area contributed by atoms with Crippen LogP contribution in [0.3, 0.4) is 0 Å². The van der Waals surface area contributed by atoms with Crippen LogP contribution in [-0.2, 0) is 15.9 Å². The fourth-order valence-corrected chi connectivity index (χ4v) is 3.30. The van der Waals surface area contributed by atoms with Crippen molar-refractivity contribution in [1.29, 1.82) is 0 Å². The SMILES string of the molecule is CC(C)(C)OC(=O)N1[C@@H]([C@@H](O)[C@H](Cc2cc(F)cc(F)c2)[N+](=O)[O-])COC1(C)C. The zero-order chi connectivity index (χ0) is 22.1. The summed E-state index contributed by atoms with van der Waals surface area (Å²) < 4.78 is 37.8. The van der Waals surface area contributed by atoms with Crippen molar-refractivity contribution in [1.82, 2.24) is 4.90 Å². The first-order chi connectivity index (χ1) is 13.2. The zero-order valence-corrected chi connectivity index (χ0v) is 17.0. The molecule has 1 saturated heterocycles. The summed E-state index contributed by atoms with van der Waals surface area (Å²) in [4.78, 5) is 24.7. The number of halogens is 2. The predicted molar refractivity (Wildman–Crippen MR) is 98.7 cm³/mol. The molecule has 1 aliphatic rings. The molecule has 0 radical (unpaired) electrons. The van der Waals surface area contributed by atoms with Crippen LogP contribution in [0.5, 0.6) is 0 Å². The lowest BCUT2D eigenvalue weighted by Crippen LogP contribution is -2.57. The molecule has 0 unspecified atom stereocenters. The molecule has 1 fully saturated rings. The largest absolute Gasteiger partial charge is 0.444 e. The third-order valence-corrected chi connectivity index (χ3v) is 4.54. The van der Waals surface area contributed by atoms with E-state index in [1.165, 1.54) is 0 Å². The molecule has 29 heavy (non-hydrogen) atoms. The first-order valence-corrected chi connectivity index (χ1v) is 9.14. The number of ether oxygens (including phenoxy) is 2. The number of amides is 1. The van der Waals surface area contributed by atoms with E-state index in [0.717, 1.165) is 17.0 Å². The molecule has 0 aromatic heterocycles. The van der Waals surface area contributed by atoms with Crippen LogP contribution in [0.4, 0.5) is 13.6 Å². The maximum atomic E-state index is 13.4. The van der Waals surface area contributed by atoms with Crippen LogP contribution < -0.4 is 0 Å². The van der Waals surface area contributed by atoms with Gasteiger partial charge in [-0.1, -0.05) is 0 Å². The lowest BCUT2D eigenvalue weighted by molar-refractivity contribution is -0.535. The van der Waals surface area contributed by atoms with E-state index in [4.69, 9.17) is 9.47 Å². The van der Waals surface area contributed by atoms with Crippen LogP contribution in [0.1, 0.15) is 40.2 Å². The number of benzene rings is 1. The molecule has 162 valence electrons. The molecule has 10 heteroatoms. The van der Waals surface area contributed by atoms with Gasteiger partial charge < -0.3 is 14.6 Å². The summed E-state index contributed by atoms with van der Waals surface area (Å²) in [5.74, 6) is -1.75. The lowest BCUT2D eigenvalue weighted by Gasteiger charge is -2.36. The minimum absolute atomic E-state index is 0.0187. The van der Waals surface area contributed by atoms with E-state index in [1.54, 1.807) is 34.6 Å². The van der Waals surface area contributed by atoms with E-state index in [-0.39, 0.29) is 12.2 Å². The van der Waals surface area contributed by atoms with Gasteiger partial charge in [0.2, 0.25) is 6.04 Å². The number of aliphatic hydroxyl groups is 1. The Kier molecular flexibility index (Phi) is 6.48. The molecule has 3 atom stereocenters. The summed E-state index contributed by atoms with van der Waals surface area (Å²) in [7, 11) is 0. The summed E-state index contributed by atoms with van der Waals surface area (Å²) >= 11 is 0. The maximum absolute atomic E-state index is 13.4. The second kappa shape index (κ2) is 8.19. The average Bonchev–Trinajstić information content (AvgIpc) is 2.84. The van der Waals surface area contributed by atoms with Crippen molar-refractivity contribution in [3.05, 3.63) is 45.5 Å². The smallest absolute Gasteiger partial charge is 0.412 e. The molecular formula is C19H26F2N2O6. The molecule has 8 nitrogen and oxygen atoms in total. The predicted octanol–water partition coefficient (Wildman–Crippen LogP) is 2.89. The highest BCUT2D eigenvalue weighted by molar-refractivity contribution is 5.70. The van der Waals surface area contributed by atoms with Crippen molar-refractivity contribution in [3.8, 4) is 0 Å². The van der Waals surface area contributed by atoms with Gasteiger partial charge in [0.1, 0.15) is 29.1 Å². The molecule has 1 heterocycles. The number of hydrogen-bond acceptors (Lipinski definition) is 6. The molecule has 0 bridgehead atoms. The van der Waals surface area contributed by atoms with Gasteiger partial charge >= 0.3 is 6.09 Å². The van der Waals surface area contributed by atoms with Crippen molar-refractivity contribution < 1.29 is 33.1 Å². The second-order valence-electron chi connectivity index (χ2n) is 8.50. The second-order valence-corrected chi connectivity index (χ2v) is 8.50. The van der Waals surface area contributed by atoms with Crippen molar-refractivity contribution >= 4 is 6.09 Å². The van der Waals surface area contributed by atoms with Crippen LogP contribution in [0.2, 0.25) is 0 Å². The van der Waals surface area contributed by atoms with Crippen LogP contribution in [-0.4, -0.2) is 57.1 Å². The molecule has 1 aromatic rings. The average molecular weight is 416 g/mol. The Hall–Kier alpha value is -2.33. The highest BCUT2D eigenvalue weighted by atomic mass is 19.1. The summed E-state index contributed by atoms with van der Waals surface area (Å²) in [6, 6.07) is -0.115. The number of hydrogen-bond donors (Lipinski definition) is 1. The monoisotopic (exact) mass is 416 g/mol. The Morgan fingerprint density at radius 3 is 2.41 bits per heavy atom. The third-order valence-electron chi connectivity index (χ3n) is 4.54. The van der Waals surface area contributed by atoms with Crippen molar-refractivity contribution in [2.45, 2.75) is 70.6 Å². The van der Waals surface area contributed by atoms with Gasteiger partial charge in [-0.05, 0) is 52.3 Å². The number of nitrogens with zero attached hydrogens (tertiary/aromatic N) is 2. The van der Waals surface area contributed by atoms with E-state index in [2.05, 4.69) is 0 Å². The van der Waals surface area contributed by atoms with Gasteiger partial charge in [-0.15, -0.1) is 0 Å². The van der Waals surface area contributed by atoms with Gasteiger partial charge in [0.15, 0.2) is 0 Å². The van der Waals surface area contributed by atoms with Gasteiger partial charge in [-0.25, -0.2) is 13.6 Å². The summed E-state index contributed by atoms with van der Waals surface area (Å²) in [6.45, 7) is 7.99. The zero-order valence-electron chi connectivity index (χ0n) is 17.0. The molecule has 0 saturated carbocycles. The summed E-state index contributed by atoms with van der Waals surface area (Å²) in [5.41, 5.74) is -1.97. The highest BCUT2D eigenvalue weighted by Gasteiger charge is 2.52. The Labute approximate surface area is 167 Å². The number of carbonyl (C=O) groups is 1. The van der Waals surface area contributed by atoms with Crippen LogP contribution >= 0.6 is 0 Å². The lowest BCUT2D eigenvalue weighted by atomic mass is 9.96. The summed E-state index contributed by atoms with van der Waals surface area (Å²) in [6.07, 6.45) is -2.88. The molecule has 0 aliphatic carbocycles. The normalized spacial score (nSPS) is 21.0. The molecule has 1 aromatic carbocycles. The molecule has 2 rings (SSSR count). The molecule has 1 aliphatic heterocycles. The maximum Gasteiger partial charge on any atom is 0.412 e. The van der Waals surface area contributed by atoms with Gasteiger partial charge in [-0.3, -0.25) is 15.0 Å². The first kappa shape index (κ1) is 23.0. The van der Waals surface area contributed by atoms with E-state index in [1.807, 2.05) is 0 Å². The van der Waals surface area contributed by atoms with Crippen LogP contribution in [0.25, 0.3) is 0 Å². The Morgan fingerprint density at radius 1 is 1.38 bits per heavy atom. The molecular weight excluding hydrogens is 390 g/mol. The van der Waals surface area contributed by atoms with E-state index in [0.29, 0.717) is 6.07 Å². The number of nitro groups is 1. The number of carbonyl (C=O) groups excluding carboxylic acids is 1. The van der Waals surface area contributed by atoms with Crippen molar-refractivity contribution in [3.63, 3.8) is 0 Å². The van der Waals surface area contributed by atoms with E-state index in [9.17, 15) is 28.8 Å². The quantitative estimate of drug-likeness (QED) is 0.585. The minimum Gasteiger partial charge on any atom is -0.444 e. The highest BCUT2D eigenvalue weighted by Crippen LogP contribution is 2.32. The molecule has 0 spiro atoms. The van der Waals surface area contributed by atoms with Crippen molar-refractivity contribution in [2.75, 3.05) is 6.61 Å². The first-order valence-electron chi connectivity index (χ1n) is 9.14. The molecule has 1 N–H and O–H groups in total. The topological polar surface area (TPSA) is 102 Å². The third kappa shape index (κ3) is 5.60. The van der Waals surface area contributed by atoms with Crippen molar-refractivity contribution in [2.24, 2.45) is 0 Å². The van der Waals surface area contributed by atoms with Crippen LogP contribution in [0, 0.1) is 21.7 Å². The van der Waals surface area contributed by atoms with Gasteiger partial charge in [0.05, 0.1) is 12.6 Å². The minimum atomic E-state index is -1.66. The number of rotatable bonds is 5. The van der Waals surface area contributed by atoms with E-state index < -0.39 is 58.6 Å².